The highest BCUT2D eigenvalue weighted by Gasteiger charge is 2.36. The van der Waals surface area contributed by atoms with E-state index < -0.39 is 24.5 Å². The average molecular weight is 259 g/mol. The molecule has 0 aliphatic heterocycles. The first-order chi connectivity index (χ1) is 6.80. The standard InChI is InChI=1S/C9H10F4N2.ClH/c10-7-4-6(14)2-1-5(7)3-8(15)9(11,12)13;/h1-2,4,8H,3,14-15H2;1H. The molecule has 0 bridgehead atoms. The van der Waals surface area contributed by atoms with Gasteiger partial charge in [-0.1, -0.05) is 6.07 Å². The van der Waals surface area contributed by atoms with Crippen molar-refractivity contribution in [1.82, 2.24) is 0 Å². The van der Waals surface area contributed by atoms with Gasteiger partial charge < -0.3 is 11.5 Å². The third-order valence-electron chi connectivity index (χ3n) is 1.94. The quantitative estimate of drug-likeness (QED) is 0.632. The molecule has 0 radical (unpaired) electrons. The maximum atomic E-state index is 13.1. The maximum Gasteiger partial charge on any atom is 0.403 e. The number of nitrogen functional groups attached to an aromatic ring is 1. The van der Waals surface area contributed by atoms with E-state index in [9.17, 15) is 17.6 Å². The van der Waals surface area contributed by atoms with Crippen LogP contribution in [0, 0.1) is 5.82 Å². The normalized spacial score (nSPS) is 13.1. The van der Waals surface area contributed by atoms with Crippen LogP contribution in [0.15, 0.2) is 18.2 Å². The molecule has 1 aromatic carbocycles. The summed E-state index contributed by atoms with van der Waals surface area (Å²) in [5.74, 6) is -0.769. The van der Waals surface area contributed by atoms with Crippen LogP contribution in [0.5, 0.6) is 0 Å². The van der Waals surface area contributed by atoms with Crippen molar-refractivity contribution in [2.75, 3.05) is 5.73 Å². The van der Waals surface area contributed by atoms with Crippen LogP contribution >= 0.6 is 12.4 Å². The van der Waals surface area contributed by atoms with Gasteiger partial charge in [0.25, 0.3) is 0 Å². The molecule has 2 nitrogen and oxygen atoms in total. The topological polar surface area (TPSA) is 52.0 Å². The molecule has 1 unspecified atom stereocenters. The van der Waals surface area contributed by atoms with Crippen LogP contribution in [0.25, 0.3) is 0 Å². The Morgan fingerprint density at radius 2 is 1.81 bits per heavy atom. The Hall–Kier alpha value is -1.01. The number of hydrogen-bond acceptors (Lipinski definition) is 2. The molecule has 0 saturated heterocycles. The van der Waals surface area contributed by atoms with Crippen LogP contribution < -0.4 is 11.5 Å². The fourth-order valence-corrected chi connectivity index (χ4v) is 1.08. The van der Waals surface area contributed by atoms with Crippen molar-refractivity contribution in [2.24, 2.45) is 5.73 Å². The van der Waals surface area contributed by atoms with Gasteiger partial charge >= 0.3 is 6.18 Å². The van der Waals surface area contributed by atoms with Gasteiger partial charge in [0, 0.05) is 5.69 Å². The van der Waals surface area contributed by atoms with Crippen molar-refractivity contribution in [3.8, 4) is 0 Å². The smallest absolute Gasteiger partial charge is 0.399 e. The predicted octanol–water partition coefficient (Wildman–Crippen LogP) is 2.26. The van der Waals surface area contributed by atoms with E-state index >= 15 is 0 Å². The Morgan fingerprint density at radius 1 is 1.25 bits per heavy atom. The zero-order valence-electron chi connectivity index (χ0n) is 8.09. The fourth-order valence-electron chi connectivity index (χ4n) is 1.08. The van der Waals surface area contributed by atoms with Crippen LogP contribution in [0.3, 0.4) is 0 Å². The summed E-state index contributed by atoms with van der Waals surface area (Å²) in [5.41, 5.74) is 10.2. The van der Waals surface area contributed by atoms with Crippen molar-refractivity contribution in [3.05, 3.63) is 29.6 Å². The number of nitrogens with two attached hydrogens (primary N) is 2. The van der Waals surface area contributed by atoms with Gasteiger partial charge in [0.05, 0.1) is 0 Å². The summed E-state index contributed by atoms with van der Waals surface area (Å²) in [7, 11) is 0. The van der Waals surface area contributed by atoms with Gasteiger partial charge in [0.1, 0.15) is 11.9 Å². The Kier molecular flexibility index (Phi) is 5.02. The number of benzene rings is 1. The molecule has 0 heterocycles. The second-order valence-corrected chi connectivity index (χ2v) is 3.20. The molecule has 92 valence electrons. The summed E-state index contributed by atoms with van der Waals surface area (Å²) in [6.07, 6.45) is -5.11. The Morgan fingerprint density at radius 3 is 2.25 bits per heavy atom. The van der Waals surface area contributed by atoms with Gasteiger partial charge in [-0.05, 0) is 24.1 Å². The van der Waals surface area contributed by atoms with Crippen molar-refractivity contribution < 1.29 is 17.6 Å². The summed E-state index contributed by atoms with van der Waals surface area (Å²) in [6, 6.07) is 1.45. The van der Waals surface area contributed by atoms with Gasteiger partial charge in [-0.3, -0.25) is 0 Å². The van der Waals surface area contributed by atoms with Crippen LogP contribution in [0.2, 0.25) is 0 Å². The van der Waals surface area contributed by atoms with Gasteiger partial charge in [-0.2, -0.15) is 13.2 Å². The molecule has 0 aliphatic rings. The lowest BCUT2D eigenvalue weighted by molar-refractivity contribution is -0.147. The molecule has 0 fully saturated rings. The largest absolute Gasteiger partial charge is 0.403 e. The second-order valence-electron chi connectivity index (χ2n) is 3.20. The van der Waals surface area contributed by atoms with Crippen LogP contribution in [-0.2, 0) is 6.42 Å². The molecule has 1 aromatic rings. The summed E-state index contributed by atoms with van der Waals surface area (Å²) >= 11 is 0. The first kappa shape index (κ1) is 15.0. The molecule has 16 heavy (non-hydrogen) atoms. The third-order valence-corrected chi connectivity index (χ3v) is 1.94. The summed E-state index contributed by atoms with van der Waals surface area (Å²) in [4.78, 5) is 0. The van der Waals surface area contributed by atoms with E-state index in [-0.39, 0.29) is 23.7 Å². The molecule has 1 atom stereocenters. The third kappa shape index (κ3) is 3.86. The molecule has 1 rings (SSSR count). The number of rotatable bonds is 2. The second kappa shape index (κ2) is 5.36. The number of anilines is 1. The summed E-state index contributed by atoms with van der Waals surface area (Å²) in [6.45, 7) is 0. The monoisotopic (exact) mass is 258 g/mol. The Labute approximate surface area is 96.0 Å². The molecule has 0 aliphatic carbocycles. The SMILES string of the molecule is Cl.Nc1ccc(CC(N)C(F)(F)F)c(F)c1. The highest BCUT2D eigenvalue weighted by molar-refractivity contribution is 5.85. The number of halogens is 5. The first-order valence-corrected chi connectivity index (χ1v) is 4.17. The molecule has 7 heteroatoms. The van der Waals surface area contributed by atoms with Crippen molar-refractivity contribution in [3.63, 3.8) is 0 Å². The van der Waals surface area contributed by atoms with Gasteiger partial charge in [0.15, 0.2) is 0 Å². The van der Waals surface area contributed by atoms with Crippen LogP contribution in [0.4, 0.5) is 23.2 Å². The van der Waals surface area contributed by atoms with Crippen LogP contribution in [-0.4, -0.2) is 12.2 Å². The lowest BCUT2D eigenvalue weighted by Gasteiger charge is -2.15. The minimum Gasteiger partial charge on any atom is -0.399 e. The van der Waals surface area contributed by atoms with Crippen molar-refractivity contribution >= 4 is 18.1 Å². The molecule has 0 saturated carbocycles. The minimum atomic E-state index is -4.52. The van der Waals surface area contributed by atoms with Crippen molar-refractivity contribution in [2.45, 2.75) is 18.6 Å². The molecule has 0 aromatic heterocycles. The van der Waals surface area contributed by atoms with E-state index in [0.29, 0.717) is 0 Å². The zero-order valence-corrected chi connectivity index (χ0v) is 8.91. The van der Waals surface area contributed by atoms with Gasteiger partial charge in [-0.25, -0.2) is 4.39 Å². The molecule has 4 N–H and O–H groups in total. The van der Waals surface area contributed by atoms with Crippen LogP contribution in [0.1, 0.15) is 5.56 Å². The Balaban J connectivity index is 0.00000225. The lowest BCUT2D eigenvalue weighted by atomic mass is 10.1. The van der Waals surface area contributed by atoms with E-state index in [1.54, 1.807) is 0 Å². The minimum absolute atomic E-state index is 0. The highest BCUT2D eigenvalue weighted by atomic mass is 35.5. The average Bonchev–Trinajstić information content (AvgIpc) is 2.08. The van der Waals surface area contributed by atoms with Gasteiger partial charge in [0.2, 0.25) is 0 Å². The highest BCUT2D eigenvalue weighted by Crippen LogP contribution is 2.23. The summed E-state index contributed by atoms with van der Waals surface area (Å²) < 4.78 is 49.3. The number of hydrogen-bond donors (Lipinski definition) is 2. The zero-order chi connectivity index (χ0) is 11.6. The summed E-state index contributed by atoms with van der Waals surface area (Å²) in [5, 5.41) is 0. The maximum absolute atomic E-state index is 13.1. The van der Waals surface area contributed by atoms with Gasteiger partial charge in [-0.15, -0.1) is 12.4 Å². The van der Waals surface area contributed by atoms with Crippen molar-refractivity contribution in [1.29, 1.82) is 0 Å². The lowest BCUT2D eigenvalue weighted by Crippen LogP contribution is -2.39. The number of alkyl halides is 3. The molecule has 0 amide bonds. The van der Waals surface area contributed by atoms with E-state index in [1.165, 1.54) is 12.1 Å². The van der Waals surface area contributed by atoms with E-state index in [0.717, 1.165) is 6.07 Å². The molecular formula is C9H11ClF4N2. The van der Waals surface area contributed by atoms with E-state index in [2.05, 4.69) is 0 Å². The first-order valence-electron chi connectivity index (χ1n) is 4.17. The molecular weight excluding hydrogens is 248 g/mol. The van der Waals surface area contributed by atoms with E-state index in [4.69, 9.17) is 11.5 Å². The molecule has 0 spiro atoms. The fraction of sp³-hybridized carbons (Fsp3) is 0.333. The van der Waals surface area contributed by atoms with E-state index in [1.807, 2.05) is 0 Å². The Bertz CT molecular complexity index is 354. The predicted molar refractivity (Wildman–Crippen MR) is 55.8 cm³/mol.